The summed E-state index contributed by atoms with van der Waals surface area (Å²) in [5.74, 6) is 0.813. The van der Waals surface area contributed by atoms with E-state index in [0.717, 1.165) is 5.92 Å². The minimum atomic E-state index is 0.401. The van der Waals surface area contributed by atoms with Crippen molar-refractivity contribution in [3.05, 3.63) is 0 Å². The molecule has 2 aliphatic rings. The fraction of sp³-hybridized carbons (Fsp3) is 0.909. The summed E-state index contributed by atoms with van der Waals surface area (Å²) in [5, 5.41) is 0. The summed E-state index contributed by atoms with van der Waals surface area (Å²) in [5.41, 5.74) is 0.434. The lowest BCUT2D eigenvalue weighted by atomic mass is 9.70. The Morgan fingerprint density at radius 2 is 2.08 bits per heavy atom. The molecule has 0 radical (unpaired) electrons. The van der Waals surface area contributed by atoms with E-state index < -0.39 is 0 Å². The molecule has 13 heavy (non-hydrogen) atoms. The highest BCUT2D eigenvalue weighted by Crippen LogP contribution is 2.40. The molecule has 2 nitrogen and oxygen atoms in total. The zero-order valence-electron chi connectivity index (χ0n) is 8.79. The highest BCUT2D eigenvalue weighted by molar-refractivity contribution is 5.50. The van der Waals surface area contributed by atoms with Crippen molar-refractivity contribution >= 4 is 6.40 Å². The second kappa shape index (κ2) is 3.00. The van der Waals surface area contributed by atoms with Crippen LogP contribution in [0.3, 0.4) is 0 Å². The van der Waals surface area contributed by atoms with Gasteiger partial charge in [0.15, 0.2) is 6.40 Å². The van der Waals surface area contributed by atoms with E-state index in [-0.39, 0.29) is 0 Å². The van der Waals surface area contributed by atoms with Crippen LogP contribution in [0.25, 0.3) is 0 Å². The molecule has 74 valence electrons. The third kappa shape index (κ3) is 1.72. The molecule has 0 saturated heterocycles. The van der Waals surface area contributed by atoms with E-state index in [9.17, 15) is 0 Å². The van der Waals surface area contributed by atoms with Gasteiger partial charge in [-0.05, 0) is 30.6 Å². The van der Waals surface area contributed by atoms with E-state index in [1.54, 1.807) is 6.40 Å². The number of ether oxygens (including phenoxy) is 1. The van der Waals surface area contributed by atoms with Crippen LogP contribution in [0.2, 0.25) is 0 Å². The van der Waals surface area contributed by atoms with Crippen LogP contribution >= 0.6 is 0 Å². The first-order chi connectivity index (χ1) is 6.07. The van der Waals surface area contributed by atoms with Gasteiger partial charge in [-0.1, -0.05) is 20.8 Å². The molecule has 1 saturated carbocycles. The topological polar surface area (TPSA) is 21.6 Å². The van der Waals surface area contributed by atoms with Gasteiger partial charge in [0.25, 0.3) is 0 Å². The first kappa shape index (κ1) is 9.04. The summed E-state index contributed by atoms with van der Waals surface area (Å²) in [6.45, 7) is 6.99. The summed E-state index contributed by atoms with van der Waals surface area (Å²) < 4.78 is 5.43. The molecule has 1 heterocycles. The molecule has 0 amide bonds. The van der Waals surface area contributed by atoms with Gasteiger partial charge in [0.2, 0.25) is 0 Å². The van der Waals surface area contributed by atoms with E-state index in [4.69, 9.17) is 4.74 Å². The normalized spacial score (nSPS) is 38.5. The van der Waals surface area contributed by atoms with Crippen LogP contribution in [0.15, 0.2) is 4.99 Å². The molecule has 0 aromatic rings. The molecule has 1 aliphatic carbocycles. The number of rotatable bonds is 0. The molecule has 1 aliphatic heterocycles. The molecule has 0 spiro atoms. The Morgan fingerprint density at radius 3 is 2.77 bits per heavy atom. The quantitative estimate of drug-likeness (QED) is 0.563. The Balaban J connectivity index is 2.01. The van der Waals surface area contributed by atoms with Crippen LogP contribution in [0.1, 0.15) is 40.0 Å². The van der Waals surface area contributed by atoms with Gasteiger partial charge in [0, 0.05) is 0 Å². The Labute approximate surface area is 80.4 Å². The molecule has 0 aromatic carbocycles. The third-order valence-corrected chi connectivity index (χ3v) is 3.47. The van der Waals surface area contributed by atoms with E-state index in [0.29, 0.717) is 17.6 Å². The highest BCUT2D eigenvalue weighted by Gasteiger charge is 2.38. The van der Waals surface area contributed by atoms with Gasteiger partial charge in [-0.3, -0.25) is 4.99 Å². The lowest BCUT2D eigenvalue weighted by Gasteiger charge is -2.37. The first-order valence-corrected chi connectivity index (χ1v) is 5.24. The van der Waals surface area contributed by atoms with Crippen molar-refractivity contribution in [1.82, 2.24) is 0 Å². The van der Waals surface area contributed by atoms with Crippen molar-refractivity contribution in [2.24, 2.45) is 16.3 Å². The van der Waals surface area contributed by atoms with Gasteiger partial charge in [0.05, 0.1) is 6.04 Å². The fourth-order valence-electron chi connectivity index (χ4n) is 2.41. The Morgan fingerprint density at radius 1 is 1.31 bits per heavy atom. The summed E-state index contributed by atoms with van der Waals surface area (Å²) in [7, 11) is 0. The first-order valence-electron chi connectivity index (χ1n) is 5.24. The molecule has 0 bridgehead atoms. The van der Waals surface area contributed by atoms with Crippen molar-refractivity contribution in [3.8, 4) is 0 Å². The SMILES string of the molecule is CC(C)(C)C1CCC2OC=NC2C1. The zero-order valence-corrected chi connectivity index (χ0v) is 8.79. The van der Waals surface area contributed by atoms with E-state index in [1.807, 2.05) is 0 Å². The predicted molar refractivity (Wildman–Crippen MR) is 53.9 cm³/mol. The van der Waals surface area contributed by atoms with Gasteiger partial charge in [0.1, 0.15) is 6.10 Å². The lowest BCUT2D eigenvalue weighted by Crippen LogP contribution is -2.35. The summed E-state index contributed by atoms with van der Waals surface area (Å²) in [6, 6.07) is 0.456. The molecule has 0 aromatic heterocycles. The molecule has 3 atom stereocenters. The molecule has 2 heteroatoms. The number of hydrogen-bond acceptors (Lipinski definition) is 2. The number of hydrogen-bond donors (Lipinski definition) is 0. The standard InChI is InChI=1S/C11H19NO/c1-11(2,3)8-4-5-10-9(6-8)12-7-13-10/h7-10H,4-6H2,1-3H3. The van der Waals surface area contributed by atoms with Crippen molar-refractivity contribution < 1.29 is 4.74 Å². The smallest absolute Gasteiger partial charge is 0.170 e. The van der Waals surface area contributed by atoms with Gasteiger partial charge in [-0.25, -0.2) is 0 Å². The monoisotopic (exact) mass is 181 g/mol. The molecule has 2 rings (SSSR count). The second-order valence-corrected chi connectivity index (χ2v) is 5.37. The fourth-order valence-corrected chi connectivity index (χ4v) is 2.41. The third-order valence-electron chi connectivity index (χ3n) is 3.47. The van der Waals surface area contributed by atoms with E-state index >= 15 is 0 Å². The molecular formula is C11H19NO. The number of fused-ring (bicyclic) bond motifs is 1. The van der Waals surface area contributed by atoms with Crippen molar-refractivity contribution in [2.45, 2.75) is 52.2 Å². The van der Waals surface area contributed by atoms with Gasteiger partial charge in [-0.2, -0.15) is 0 Å². The van der Waals surface area contributed by atoms with Gasteiger partial charge in [-0.15, -0.1) is 0 Å². The summed E-state index contributed by atoms with van der Waals surface area (Å²) in [6.07, 6.45) is 5.75. The van der Waals surface area contributed by atoms with E-state index in [2.05, 4.69) is 25.8 Å². The van der Waals surface area contributed by atoms with E-state index in [1.165, 1.54) is 19.3 Å². The lowest BCUT2D eigenvalue weighted by molar-refractivity contribution is 0.0863. The Bertz CT molecular complexity index is 217. The molecule has 0 N–H and O–H groups in total. The summed E-state index contributed by atoms with van der Waals surface area (Å²) >= 11 is 0. The zero-order chi connectivity index (χ0) is 9.47. The molecular weight excluding hydrogens is 162 g/mol. The highest BCUT2D eigenvalue weighted by atomic mass is 16.5. The molecule has 1 fully saturated rings. The number of aliphatic imine (C=N–C) groups is 1. The van der Waals surface area contributed by atoms with Crippen LogP contribution in [0, 0.1) is 11.3 Å². The maximum atomic E-state index is 5.43. The molecule has 3 unspecified atom stereocenters. The Kier molecular flexibility index (Phi) is 2.09. The van der Waals surface area contributed by atoms with Crippen LogP contribution in [-0.4, -0.2) is 18.5 Å². The van der Waals surface area contributed by atoms with Gasteiger partial charge < -0.3 is 4.74 Å². The minimum absolute atomic E-state index is 0.401. The maximum Gasteiger partial charge on any atom is 0.170 e. The van der Waals surface area contributed by atoms with Crippen molar-refractivity contribution in [3.63, 3.8) is 0 Å². The van der Waals surface area contributed by atoms with Crippen LogP contribution in [0.4, 0.5) is 0 Å². The summed E-state index contributed by atoms with van der Waals surface area (Å²) in [4.78, 5) is 4.37. The Hall–Kier alpha value is -0.530. The van der Waals surface area contributed by atoms with Crippen LogP contribution in [0.5, 0.6) is 0 Å². The van der Waals surface area contributed by atoms with Crippen LogP contribution < -0.4 is 0 Å². The number of nitrogens with zero attached hydrogens (tertiary/aromatic N) is 1. The largest absolute Gasteiger partial charge is 0.478 e. The minimum Gasteiger partial charge on any atom is -0.478 e. The predicted octanol–water partition coefficient (Wildman–Crippen LogP) is 2.63. The van der Waals surface area contributed by atoms with Gasteiger partial charge >= 0.3 is 0 Å². The average molecular weight is 181 g/mol. The van der Waals surface area contributed by atoms with Crippen molar-refractivity contribution in [2.75, 3.05) is 0 Å². The maximum absolute atomic E-state index is 5.43. The average Bonchev–Trinajstić information content (AvgIpc) is 2.47. The van der Waals surface area contributed by atoms with Crippen LogP contribution in [-0.2, 0) is 4.74 Å². The van der Waals surface area contributed by atoms with Crippen molar-refractivity contribution in [1.29, 1.82) is 0 Å². The second-order valence-electron chi connectivity index (χ2n) is 5.37.